The number of carbonyl (C=O) groups is 3. The van der Waals surface area contributed by atoms with Gasteiger partial charge in [0.1, 0.15) is 29.6 Å². The van der Waals surface area contributed by atoms with Crippen LogP contribution in [0.1, 0.15) is 44.7 Å². The van der Waals surface area contributed by atoms with Gasteiger partial charge in [0.25, 0.3) is 0 Å². The quantitative estimate of drug-likeness (QED) is 0.226. The zero-order valence-electron chi connectivity index (χ0n) is 26.3. The highest BCUT2D eigenvalue weighted by molar-refractivity contribution is 6.02. The molecule has 2 bridgehead atoms. The first-order valence-electron chi connectivity index (χ1n) is 16.1. The Kier molecular flexibility index (Phi) is 7.93. The molecule has 4 heterocycles. The van der Waals surface area contributed by atoms with Gasteiger partial charge in [-0.25, -0.2) is 4.68 Å². The smallest absolute Gasteiger partial charge is 0.247 e. The van der Waals surface area contributed by atoms with E-state index in [9.17, 15) is 19.5 Å². The van der Waals surface area contributed by atoms with Crippen LogP contribution in [0.25, 0.3) is 11.0 Å². The molecule has 0 radical (unpaired) electrons. The number of carbonyl (C=O) groups excluding carboxylic acids is 3. The SMILES string of the molecule is CCOc1ccc(NC(=O)[C@@H]2[C@H]3C(=O)N([C@H](CO)c4ccccc4)C(C(=O)NCn4nnc5ccccc54)C34CC[C@@]2(CC)O4)cc1. The number of nitrogens with one attached hydrogen (secondary N) is 2. The molecule has 244 valence electrons. The molecule has 47 heavy (non-hydrogen) atoms. The lowest BCUT2D eigenvalue weighted by atomic mass is 9.65. The van der Waals surface area contributed by atoms with Gasteiger partial charge in [-0.15, -0.1) is 5.10 Å². The Bertz CT molecular complexity index is 1800. The third-order valence-electron chi connectivity index (χ3n) is 10.1. The van der Waals surface area contributed by atoms with E-state index in [-0.39, 0.29) is 18.5 Å². The predicted octanol–water partition coefficient (Wildman–Crippen LogP) is 3.43. The van der Waals surface area contributed by atoms with E-state index in [4.69, 9.17) is 9.47 Å². The highest BCUT2D eigenvalue weighted by atomic mass is 16.5. The lowest BCUT2D eigenvalue weighted by molar-refractivity contribution is -0.150. The Labute approximate surface area is 272 Å². The van der Waals surface area contributed by atoms with Gasteiger partial charge >= 0.3 is 0 Å². The van der Waals surface area contributed by atoms with Crippen LogP contribution in [0.15, 0.2) is 78.9 Å². The summed E-state index contributed by atoms with van der Waals surface area (Å²) >= 11 is 0. The Morgan fingerprint density at radius 1 is 1.02 bits per heavy atom. The molecule has 2 unspecified atom stereocenters. The minimum Gasteiger partial charge on any atom is -0.494 e. The standard InChI is InChI=1S/C35H38N6O6/c1-3-34-18-19-35(47-34)29(28(34)31(43)37-23-14-16-24(17-15-23)46-4-2)33(45)41(27(20-42)22-10-6-5-7-11-22)30(35)32(44)36-21-40-26-13-9-8-12-25(26)38-39-40/h5-17,27-30,42H,3-4,18-21H2,1-2H3,(H,36,44)(H,37,43)/t27-,28+,29+,30?,34-,35?/m1/s1. The number of hydrogen-bond acceptors (Lipinski definition) is 8. The molecule has 3 aliphatic rings. The van der Waals surface area contributed by atoms with Crippen molar-refractivity contribution in [3.63, 3.8) is 0 Å². The second kappa shape index (κ2) is 12.1. The fourth-order valence-corrected chi connectivity index (χ4v) is 8.02. The molecular weight excluding hydrogens is 600 g/mol. The largest absolute Gasteiger partial charge is 0.494 e. The van der Waals surface area contributed by atoms with Crippen LogP contribution in [0.3, 0.4) is 0 Å². The van der Waals surface area contributed by atoms with Crippen LogP contribution in [0, 0.1) is 11.8 Å². The molecule has 0 saturated carbocycles. The monoisotopic (exact) mass is 638 g/mol. The first-order chi connectivity index (χ1) is 22.9. The number of amides is 3. The fraction of sp³-hybridized carbons (Fsp3) is 0.400. The van der Waals surface area contributed by atoms with E-state index in [0.29, 0.717) is 48.4 Å². The highest BCUT2D eigenvalue weighted by Gasteiger charge is 2.79. The number of fused-ring (bicyclic) bond motifs is 2. The zero-order chi connectivity index (χ0) is 32.8. The molecule has 3 aromatic carbocycles. The molecule has 0 aliphatic carbocycles. The van der Waals surface area contributed by atoms with Crippen LogP contribution in [0.2, 0.25) is 0 Å². The van der Waals surface area contributed by atoms with Gasteiger partial charge < -0.3 is 30.1 Å². The number of likely N-dealkylation sites (tertiary alicyclic amines) is 1. The summed E-state index contributed by atoms with van der Waals surface area (Å²) in [5, 5.41) is 25.1. The molecule has 1 spiro atoms. The van der Waals surface area contributed by atoms with E-state index >= 15 is 0 Å². The van der Waals surface area contributed by atoms with Crippen molar-refractivity contribution in [2.45, 2.75) is 63.1 Å². The molecule has 7 rings (SSSR count). The molecule has 4 aromatic rings. The van der Waals surface area contributed by atoms with Crippen molar-refractivity contribution in [3.05, 3.63) is 84.4 Å². The summed E-state index contributed by atoms with van der Waals surface area (Å²) in [7, 11) is 0. The Hall–Kier alpha value is -4.81. The van der Waals surface area contributed by atoms with E-state index in [1.807, 2.05) is 68.4 Å². The lowest BCUT2D eigenvalue weighted by Gasteiger charge is -2.37. The van der Waals surface area contributed by atoms with Gasteiger partial charge in [0.2, 0.25) is 17.7 Å². The van der Waals surface area contributed by atoms with Gasteiger partial charge in [0.05, 0.1) is 42.2 Å². The number of nitrogens with zero attached hydrogens (tertiary/aromatic N) is 4. The number of aromatic nitrogens is 3. The number of aliphatic hydroxyl groups excluding tert-OH is 1. The van der Waals surface area contributed by atoms with Crippen molar-refractivity contribution >= 4 is 34.4 Å². The molecular formula is C35H38N6O6. The van der Waals surface area contributed by atoms with Gasteiger partial charge in [-0.2, -0.15) is 0 Å². The summed E-state index contributed by atoms with van der Waals surface area (Å²) in [4.78, 5) is 44.8. The summed E-state index contributed by atoms with van der Waals surface area (Å²) in [5.74, 6) is -2.28. The van der Waals surface area contributed by atoms with Crippen LogP contribution in [0.5, 0.6) is 5.75 Å². The predicted molar refractivity (Wildman–Crippen MR) is 172 cm³/mol. The molecule has 3 fully saturated rings. The van der Waals surface area contributed by atoms with Crippen LogP contribution in [0.4, 0.5) is 5.69 Å². The first kappa shape index (κ1) is 30.8. The van der Waals surface area contributed by atoms with E-state index < -0.39 is 47.6 Å². The van der Waals surface area contributed by atoms with E-state index in [0.717, 1.165) is 5.52 Å². The molecule has 12 nitrogen and oxygen atoms in total. The third-order valence-corrected chi connectivity index (χ3v) is 10.1. The summed E-state index contributed by atoms with van der Waals surface area (Å²) in [6.07, 6.45) is 1.41. The second-order valence-electron chi connectivity index (χ2n) is 12.4. The van der Waals surface area contributed by atoms with Crippen LogP contribution >= 0.6 is 0 Å². The van der Waals surface area contributed by atoms with Gasteiger partial charge in [0, 0.05) is 5.69 Å². The van der Waals surface area contributed by atoms with Gasteiger partial charge in [0.15, 0.2) is 0 Å². The fourth-order valence-electron chi connectivity index (χ4n) is 8.02. The van der Waals surface area contributed by atoms with Crippen molar-refractivity contribution in [2.24, 2.45) is 11.8 Å². The van der Waals surface area contributed by atoms with E-state index in [2.05, 4.69) is 20.9 Å². The first-order valence-corrected chi connectivity index (χ1v) is 16.1. The normalized spacial score (nSPS) is 26.7. The number of para-hydroxylation sites is 1. The van der Waals surface area contributed by atoms with Crippen LogP contribution in [-0.2, 0) is 25.8 Å². The van der Waals surface area contributed by atoms with Crippen molar-refractivity contribution < 1.29 is 29.0 Å². The Balaban J connectivity index is 1.25. The van der Waals surface area contributed by atoms with Crippen LogP contribution < -0.4 is 15.4 Å². The minimum absolute atomic E-state index is 0.00826. The van der Waals surface area contributed by atoms with E-state index in [1.54, 1.807) is 28.9 Å². The highest BCUT2D eigenvalue weighted by Crippen LogP contribution is 2.65. The molecule has 12 heteroatoms. The third kappa shape index (κ3) is 4.94. The van der Waals surface area contributed by atoms with E-state index in [1.165, 1.54) is 4.90 Å². The maximum absolute atomic E-state index is 14.7. The number of anilines is 1. The number of benzene rings is 3. The Morgan fingerprint density at radius 2 is 1.77 bits per heavy atom. The molecule has 3 amide bonds. The second-order valence-corrected chi connectivity index (χ2v) is 12.4. The molecule has 3 aliphatic heterocycles. The number of hydrogen-bond donors (Lipinski definition) is 3. The van der Waals surface area contributed by atoms with Crippen LogP contribution in [-0.4, -0.2) is 73.2 Å². The van der Waals surface area contributed by atoms with Crippen molar-refractivity contribution in [1.82, 2.24) is 25.2 Å². The van der Waals surface area contributed by atoms with Gasteiger partial charge in [-0.3, -0.25) is 14.4 Å². The van der Waals surface area contributed by atoms with Gasteiger partial charge in [-0.05, 0) is 68.1 Å². The summed E-state index contributed by atoms with van der Waals surface area (Å²) in [6.45, 7) is 3.96. The molecule has 1 aromatic heterocycles. The lowest BCUT2D eigenvalue weighted by Crippen LogP contribution is -2.56. The summed E-state index contributed by atoms with van der Waals surface area (Å²) in [5.41, 5.74) is 0.473. The number of ether oxygens (including phenoxy) is 2. The minimum atomic E-state index is -1.27. The number of rotatable bonds is 11. The van der Waals surface area contributed by atoms with Crippen molar-refractivity contribution in [1.29, 1.82) is 0 Å². The van der Waals surface area contributed by atoms with Crippen molar-refractivity contribution in [3.8, 4) is 5.75 Å². The molecule has 3 saturated heterocycles. The average Bonchev–Trinajstić information content (AvgIpc) is 3.83. The Morgan fingerprint density at radius 3 is 2.49 bits per heavy atom. The number of aliphatic hydroxyl groups is 1. The molecule has 3 N–H and O–H groups in total. The zero-order valence-corrected chi connectivity index (χ0v) is 26.3. The average molecular weight is 639 g/mol. The topological polar surface area (TPSA) is 148 Å². The summed E-state index contributed by atoms with van der Waals surface area (Å²) in [6, 6.07) is 21.7. The summed E-state index contributed by atoms with van der Waals surface area (Å²) < 4.78 is 14.0. The van der Waals surface area contributed by atoms with Gasteiger partial charge in [-0.1, -0.05) is 54.6 Å². The maximum Gasteiger partial charge on any atom is 0.247 e. The maximum atomic E-state index is 14.7. The van der Waals surface area contributed by atoms with Crippen molar-refractivity contribution in [2.75, 3.05) is 18.5 Å². The molecule has 6 atom stereocenters.